The molecule has 1 aromatic heterocycles. The number of benzene rings is 1. The van der Waals surface area contributed by atoms with E-state index in [2.05, 4.69) is 5.32 Å². The number of nitrogens with one attached hydrogen (secondary N) is 1. The molecule has 1 atom stereocenters. The Balaban J connectivity index is 1.90. The van der Waals surface area contributed by atoms with Crippen molar-refractivity contribution in [3.8, 4) is 0 Å². The Kier molecular flexibility index (Phi) is 5.60. The van der Waals surface area contributed by atoms with Gasteiger partial charge in [-0.05, 0) is 34.7 Å². The van der Waals surface area contributed by atoms with E-state index in [1.54, 1.807) is 19.0 Å². The van der Waals surface area contributed by atoms with Crippen LogP contribution in [0, 0.1) is 0 Å². The fourth-order valence-corrected chi connectivity index (χ4v) is 4.01. The first-order chi connectivity index (χ1) is 12.8. The van der Waals surface area contributed by atoms with E-state index in [0.717, 1.165) is 16.0 Å². The molecule has 0 saturated carbocycles. The molecule has 3 rings (SSSR count). The molecule has 2 heterocycles. The summed E-state index contributed by atoms with van der Waals surface area (Å²) in [6.07, 6.45) is 0.762. The molecule has 3 amide bonds. The predicted octanol–water partition coefficient (Wildman–Crippen LogP) is 2.29. The number of amides is 3. The van der Waals surface area contributed by atoms with Gasteiger partial charge in [0.1, 0.15) is 6.04 Å². The van der Waals surface area contributed by atoms with E-state index in [4.69, 9.17) is 0 Å². The molecular formula is C20H23N3O3S. The second-order valence-electron chi connectivity index (χ2n) is 6.90. The van der Waals surface area contributed by atoms with Gasteiger partial charge >= 0.3 is 0 Å². The van der Waals surface area contributed by atoms with Crippen molar-refractivity contribution in [3.05, 3.63) is 51.7 Å². The zero-order chi connectivity index (χ0) is 19.6. The van der Waals surface area contributed by atoms with Crippen molar-refractivity contribution in [1.82, 2.24) is 9.80 Å². The van der Waals surface area contributed by atoms with Crippen molar-refractivity contribution in [1.29, 1.82) is 0 Å². The maximum Gasteiger partial charge on any atom is 0.245 e. The molecule has 1 aliphatic heterocycles. The van der Waals surface area contributed by atoms with Gasteiger partial charge in [0.2, 0.25) is 17.7 Å². The molecule has 1 N–H and O–H groups in total. The van der Waals surface area contributed by atoms with Crippen LogP contribution in [0.15, 0.2) is 35.7 Å². The SMILES string of the molecule is CC(=O)Nc1ccc2c(c1)CN(C(=O)Cc1cccs1)[C@H](C(=O)N(C)C)C2. The van der Waals surface area contributed by atoms with Gasteiger partial charge in [-0.15, -0.1) is 11.3 Å². The molecule has 0 fully saturated rings. The summed E-state index contributed by atoms with van der Waals surface area (Å²) in [7, 11) is 3.42. The third-order valence-electron chi connectivity index (χ3n) is 4.61. The van der Waals surface area contributed by atoms with Crippen LogP contribution in [0.1, 0.15) is 22.9 Å². The summed E-state index contributed by atoms with van der Waals surface area (Å²) in [4.78, 5) is 41.2. The van der Waals surface area contributed by atoms with Crippen LogP contribution in [0.5, 0.6) is 0 Å². The van der Waals surface area contributed by atoms with Gasteiger partial charge in [-0.25, -0.2) is 0 Å². The number of nitrogens with zero attached hydrogens (tertiary/aromatic N) is 2. The van der Waals surface area contributed by atoms with E-state index in [1.807, 2.05) is 35.7 Å². The quantitative estimate of drug-likeness (QED) is 0.878. The van der Waals surface area contributed by atoms with Gasteiger partial charge in [-0.1, -0.05) is 12.1 Å². The molecular weight excluding hydrogens is 362 g/mol. The molecule has 7 heteroatoms. The van der Waals surface area contributed by atoms with E-state index in [1.165, 1.54) is 23.2 Å². The molecule has 142 valence electrons. The summed E-state index contributed by atoms with van der Waals surface area (Å²) in [5.41, 5.74) is 2.69. The topological polar surface area (TPSA) is 69.7 Å². The maximum absolute atomic E-state index is 13.0. The van der Waals surface area contributed by atoms with Crippen LogP contribution < -0.4 is 5.32 Å². The minimum Gasteiger partial charge on any atom is -0.347 e. The van der Waals surface area contributed by atoms with Gasteiger partial charge in [0.05, 0.1) is 6.42 Å². The Morgan fingerprint density at radius 3 is 2.63 bits per heavy atom. The second kappa shape index (κ2) is 7.92. The maximum atomic E-state index is 13.0. The lowest BCUT2D eigenvalue weighted by molar-refractivity contribution is -0.145. The number of likely N-dealkylation sites (N-methyl/N-ethyl adjacent to an activating group) is 1. The van der Waals surface area contributed by atoms with Gasteiger partial charge in [0.25, 0.3) is 0 Å². The molecule has 1 aliphatic rings. The molecule has 0 spiro atoms. The minimum absolute atomic E-state index is 0.0618. The largest absolute Gasteiger partial charge is 0.347 e. The summed E-state index contributed by atoms with van der Waals surface area (Å²) in [6.45, 7) is 1.82. The molecule has 27 heavy (non-hydrogen) atoms. The van der Waals surface area contributed by atoms with Crippen molar-refractivity contribution >= 4 is 34.7 Å². The number of hydrogen-bond acceptors (Lipinski definition) is 4. The van der Waals surface area contributed by atoms with Crippen molar-refractivity contribution in [2.45, 2.75) is 32.4 Å². The molecule has 0 aliphatic carbocycles. The number of hydrogen-bond donors (Lipinski definition) is 1. The third kappa shape index (κ3) is 4.36. The van der Waals surface area contributed by atoms with Gasteiger partial charge in [-0.3, -0.25) is 14.4 Å². The number of fused-ring (bicyclic) bond motifs is 1. The normalized spacial score (nSPS) is 15.8. The van der Waals surface area contributed by atoms with Crippen molar-refractivity contribution in [2.24, 2.45) is 0 Å². The summed E-state index contributed by atoms with van der Waals surface area (Å²) < 4.78 is 0. The standard InChI is InChI=1S/C20H23N3O3S/c1-13(24)21-16-7-6-14-10-18(20(26)22(2)3)23(12-15(14)9-16)19(25)11-17-5-4-8-27-17/h4-9,18H,10-12H2,1-3H3,(H,21,24)/t18-/m0/s1. The minimum atomic E-state index is -0.508. The Bertz CT molecular complexity index is 861. The molecule has 0 unspecified atom stereocenters. The highest BCUT2D eigenvalue weighted by Crippen LogP contribution is 2.28. The van der Waals surface area contributed by atoms with Gasteiger partial charge in [-0.2, -0.15) is 0 Å². The van der Waals surface area contributed by atoms with Crippen molar-refractivity contribution in [2.75, 3.05) is 19.4 Å². The molecule has 0 saturated heterocycles. The van der Waals surface area contributed by atoms with Gasteiger partial charge in [0.15, 0.2) is 0 Å². The van der Waals surface area contributed by atoms with Crippen LogP contribution >= 0.6 is 11.3 Å². The number of carbonyl (C=O) groups excluding carboxylic acids is 3. The van der Waals surface area contributed by atoms with E-state index in [9.17, 15) is 14.4 Å². The van der Waals surface area contributed by atoms with E-state index < -0.39 is 6.04 Å². The first-order valence-electron chi connectivity index (χ1n) is 8.77. The highest BCUT2D eigenvalue weighted by Gasteiger charge is 2.35. The number of anilines is 1. The Hall–Kier alpha value is -2.67. The number of thiophene rings is 1. The summed E-state index contributed by atoms with van der Waals surface area (Å²) in [6, 6.07) is 8.99. The third-order valence-corrected chi connectivity index (χ3v) is 5.48. The van der Waals surface area contributed by atoms with Crippen LogP contribution in [0.3, 0.4) is 0 Å². The van der Waals surface area contributed by atoms with Crippen LogP contribution in [0.4, 0.5) is 5.69 Å². The highest BCUT2D eigenvalue weighted by atomic mass is 32.1. The number of rotatable bonds is 4. The zero-order valence-electron chi connectivity index (χ0n) is 15.7. The average Bonchev–Trinajstić information content (AvgIpc) is 3.12. The fourth-order valence-electron chi connectivity index (χ4n) is 3.31. The Morgan fingerprint density at radius 2 is 2.00 bits per heavy atom. The molecule has 0 radical (unpaired) electrons. The lowest BCUT2D eigenvalue weighted by atomic mass is 9.92. The van der Waals surface area contributed by atoms with Crippen LogP contribution in [-0.4, -0.2) is 47.7 Å². The lowest BCUT2D eigenvalue weighted by Gasteiger charge is -2.37. The molecule has 1 aromatic carbocycles. The van der Waals surface area contributed by atoms with Gasteiger partial charge in [0, 0.05) is 44.5 Å². The van der Waals surface area contributed by atoms with Crippen molar-refractivity contribution in [3.63, 3.8) is 0 Å². The molecule has 0 bridgehead atoms. The first kappa shape index (κ1) is 19.1. The summed E-state index contributed by atoms with van der Waals surface area (Å²) in [5, 5.41) is 4.71. The number of carbonyl (C=O) groups is 3. The average molecular weight is 385 g/mol. The van der Waals surface area contributed by atoms with Crippen molar-refractivity contribution < 1.29 is 14.4 Å². The van der Waals surface area contributed by atoms with Crippen LogP contribution in [0.2, 0.25) is 0 Å². The first-order valence-corrected chi connectivity index (χ1v) is 9.65. The lowest BCUT2D eigenvalue weighted by Crippen LogP contribution is -2.52. The molecule has 6 nitrogen and oxygen atoms in total. The molecule has 2 aromatic rings. The van der Waals surface area contributed by atoms with Crippen LogP contribution in [0.25, 0.3) is 0 Å². The predicted molar refractivity (Wildman–Crippen MR) is 106 cm³/mol. The zero-order valence-corrected chi connectivity index (χ0v) is 16.5. The summed E-state index contributed by atoms with van der Waals surface area (Å²) in [5.74, 6) is -0.281. The van der Waals surface area contributed by atoms with E-state index in [0.29, 0.717) is 18.7 Å². The summed E-state index contributed by atoms with van der Waals surface area (Å²) >= 11 is 1.54. The van der Waals surface area contributed by atoms with E-state index >= 15 is 0 Å². The van der Waals surface area contributed by atoms with E-state index in [-0.39, 0.29) is 24.1 Å². The fraction of sp³-hybridized carbons (Fsp3) is 0.350. The van der Waals surface area contributed by atoms with Crippen LogP contribution in [-0.2, 0) is 33.8 Å². The monoisotopic (exact) mass is 385 g/mol. The van der Waals surface area contributed by atoms with Gasteiger partial charge < -0.3 is 15.1 Å². The second-order valence-corrected chi connectivity index (χ2v) is 7.93. The highest BCUT2D eigenvalue weighted by molar-refractivity contribution is 7.10. The smallest absolute Gasteiger partial charge is 0.245 e. The Labute approximate surface area is 162 Å². The Morgan fingerprint density at radius 1 is 1.22 bits per heavy atom.